The van der Waals surface area contributed by atoms with Crippen LogP contribution in [0.2, 0.25) is 5.02 Å². The third-order valence-corrected chi connectivity index (χ3v) is 4.73. The van der Waals surface area contributed by atoms with Crippen LogP contribution >= 0.6 is 11.6 Å². The third kappa shape index (κ3) is 2.69. The van der Waals surface area contributed by atoms with Crippen LogP contribution in [0.3, 0.4) is 0 Å². The van der Waals surface area contributed by atoms with Crippen LogP contribution in [0.25, 0.3) is 5.69 Å². The number of nitrogens with zero attached hydrogens (tertiary/aromatic N) is 2. The number of amides is 1. The van der Waals surface area contributed by atoms with E-state index in [2.05, 4.69) is 28.6 Å². The van der Waals surface area contributed by atoms with Gasteiger partial charge in [0, 0.05) is 18.7 Å². The molecule has 2 aromatic carbocycles. The second-order valence-electron chi connectivity index (χ2n) is 5.93. The summed E-state index contributed by atoms with van der Waals surface area (Å²) in [5.41, 5.74) is 4.00. The molecule has 0 aliphatic heterocycles. The molecule has 24 heavy (non-hydrogen) atoms. The van der Waals surface area contributed by atoms with E-state index in [1.54, 1.807) is 23.1 Å². The quantitative estimate of drug-likeness (QED) is 0.790. The van der Waals surface area contributed by atoms with Crippen molar-refractivity contribution in [2.24, 2.45) is 0 Å². The van der Waals surface area contributed by atoms with Gasteiger partial charge in [0.2, 0.25) is 0 Å². The fourth-order valence-corrected chi connectivity index (χ4v) is 3.29. The Kier molecular flexibility index (Phi) is 3.82. The molecule has 1 amide bonds. The highest BCUT2D eigenvalue weighted by Gasteiger charge is 2.25. The lowest BCUT2D eigenvalue weighted by Gasteiger charge is -2.30. The molecule has 5 heteroatoms. The summed E-state index contributed by atoms with van der Waals surface area (Å²) in [5, 5.41) is 7.83. The van der Waals surface area contributed by atoms with E-state index in [1.807, 2.05) is 24.3 Å². The Hall–Kier alpha value is -2.59. The van der Waals surface area contributed by atoms with Crippen molar-refractivity contribution in [3.8, 4) is 5.69 Å². The zero-order valence-electron chi connectivity index (χ0n) is 12.9. The first-order valence-corrected chi connectivity index (χ1v) is 8.26. The minimum Gasteiger partial charge on any atom is -0.351 e. The first-order chi connectivity index (χ1) is 11.7. The van der Waals surface area contributed by atoms with E-state index >= 15 is 0 Å². The molecule has 1 aromatic heterocycles. The first kappa shape index (κ1) is 15.0. The Morgan fingerprint density at radius 1 is 1.21 bits per heavy atom. The Morgan fingerprint density at radius 3 is 2.83 bits per heavy atom. The molecule has 0 spiro atoms. The number of hydrogen-bond donors (Lipinski definition) is 1. The van der Waals surface area contributed by atoms with Gasteiger partial charge in [-0.3, -0.25) is 4.79 Å². The van der Waals surface area contributed by atoms with E-state index in [1.165, 1.54) is 11.1 Å². The molecule has 4 nitrogen and oxygen atoms in total. The number of carbonyl (C=O) groups excluding carboxylic acids is 1. The Bertz CT molecular complexity index is 903. The molecular formula is C19H16ClN3O. The van der Waals surface area contributed by atoms with Crippen LogP contribution in [0.15, 0.2) is 60.9 Å². The predicted octanol–water partition coefficient (Wildman–Crippen LogP) is 3.60. The van der Waals surface area contributed by atoms with Gasteiger partial charge in [0.15, 0.2) is 0 Å². The fourth-order valence-electron chi connectivity index (χ4n) is 3.07. The zero-order valence-corrected chi connectivity index (χ0v) is 13.7. The summed E-state index contributed by atoms with van der Waals surface area (Å²) in [7, 11) is 0. The van der Waals surface area contributed by atoms with Crippen molar-refractivity contribution in [3.63, 3.8) is 0 Å². The molecule has 0 saturated heterocycles. The number of benzene rings is 2. The summed E-state index contributed by atoms with van der Waals surface area (Å²) < 4.78 is 1.62. The van der Waals surface area contributed by atoms with E-state index in [4.69, 9.17) is 11.6 Å². The molecule has 1 unspecified atom stereocenters. The number of halogens is 1. The smallest absolute Gasteiger partial charge is 0.254 e. The predicted molar refractivity (Wildman–Crippen MR) is 93.8 cm³/mol. The number of rotatable bonds is 4. The molecule has 1 atom stereocenters. The summed E-state index contributed by atoms with van der Waals surface area (Å²) >= 11 is 6.16. The number of nitrogens with one attached hydrogen (secondary N) is 1. The summed E-state index contributed by atoms with van der Waals surface area (Å²) in [6.45, 7) is 0.646. The number of hydrogen-bond acceptors (Lipinski definition) is 2. The largest absolute Gasteiger partial charge is 0.351 e. The molecular weight excluding hydrogens is 322 g/mol. The summed E-state index contributed by atoms with van der Waals surface area (Å²) in [4.78, 5) is 12.3. The zero-order chi connectivity index (χ0) is 16.5. The van der Waals surface area contributed by atoms with Gasteiger partial charge in [0.25, 0.3) is 5.91 Å². The van der Waals surface area contributed by atoms with Gasteiger partial charge in [-0.25, -0.2) is 4.68 Å². The lowest BCUT2D eigenvalue weighted by Crippen LogP contribution is -2.33. The topological polar surface area (TPSA) is 46.9 Å². The molecule has 0 saturated carbocycles. The Labute approximate surface area is 145 Å². The van der Waals surface area contributed by atoms with Gasteiger partial charge in [-0.05, 0) is 29.7 Å². The second-order valence-corrected chi connectivity index (χ2v) is 6.34. The summed E-state index contributed by atoms with van der Waals surface area (Å²) in [6.07, 6.45) is 4.29. The van der Waals surface area contributed by atoms with Gasteiger partial charge in [-0.1, -0.05) is 48.0 Å². The van der Waals surface area contributed by atoms with Crippen molar-refractivity contribution < 1.29 is 4.79 Å². The lowest BCUT2D eigenvalue weighted by molar-refractivity contribution is 0.0950. The molecule has 3 aromatic rings. The minimum atomic E-state index is -0.113. The van der Waals surface area contributed by atoms with Crippen molar-refractivity contribution >= 4 is 17.5 Å². The van der Waals surface area contributed by atoms with E-state index in [0.29, 0.717) is 23.0 Å². The van der Waals surface area contributed by atoms with Gasteiger partial charge in [-0.15, -0.1) is 0 Å². The third-order valence-electron chi connectivity index (χ3n) is 4.41. The van der Waals surface area contributed by atoms with Crippen molar-refractivity contribution in [2.45, 2.75) is 12.3 Å². The Balaban J connectivity index is 1.42. The molecule has 1 N–H and O–H groups in total. The van der Waals surface area contributed by atoms with Crippen LogP contribution in [0.5, 0.6) is 0 Å². The van der Waals surface area contributed by atoms with Gasteiger partial charge in [-0.2, -0.15) is 5.10 Å². The van der Waals surface area contributed by atoms with Crippen LogP contribution in [0.1, 0.15) is 27.4 Å². The van der Waals surface area contributed by atoms with Crippen molar-refractivity contribution in [3.05, 3.63) is 82.6 Å². The van der Waals surface area contributed by atoms with Crippen molar-refractivity contribution in [1.29, 1.82) is 0 Å². The van der Waals surface area contributed by atoms with E-state index in [0.717, 1.165) is 12.1 Å². The van der Waals surface area contributed by atoms with Gasteiger partial charge in [0.1, 0.15) is 0 Å². The SMILES string of the molecule is O=C(NCC1Cc2ccccc21)c1cnn(-c2ccccc2Cl)c1. The van der Waals surface area contributed by atoms with Crippen LogP contribution in [-0.2, 0) is 6.42 Å². The van der Waals surface area contributed by atoms with Gasteiger partial charge < -0.3 is 5.32 Å². The number of para-hydroxylation sites is 1. The maximum atomic E-state index is 12.3. The van der Waals surface area contributed by atoms with E-state index in [9.17, 15) is 4.79 Å². The van der Waals surface area contributed by atoms with E-state index < -0.39 is 0 Å². The molecule has 0 radical (unpaired) electrons. The highest BCUT2D eigenvalue weighted by Crippen LogP contribution is 2.34. The standard InChI is InChI=1S/C19H16ClN3O/c20-17-7-3-4-8-18(17)23-12-15(11-22-23)19(24)21-10-14-9-13-5-1-2-6-16(13)14/h1-8,11-12,14H,9-10H2,(H,21,24). The monoisotopic (exact) mass is 337 g/mol. The maximum Gasteiger partial charge on any atom is 0.254 e. The van der Waals surface area contributed by atoms with Gasteiger partial charge >= 0.3 is 0 Å². The molecule has 4 rings (SSSR count). The number of fused-ring (bicyclic) bond motifs is 1. The molecule has 120 valence electrons. The summed E-state index contributed by atoms with van der Waals surface area (Å²) in [6, 6.07) is 15.8. The van der Waals surface area contributed by atoms with Crippen molar-refractivity contribution in [2.75, 3.05) is 6.54 Å². The van der Waals surface area contributed by atoms with Crippen LogP contribution in [-0.4, -0.2) is 22.2 Å². The van der Waals surface area contributed by atoms with Crippen LogP contribution < -0.4 is 5.32 Å². The number of aromatic nitrogens is 2. The maximum absolute atomic E-state index is 12.3. The molecule has 1 heterocycles. The average Bonchev–Trinajstić information content (AvgIpc) is 3.06. The molecule has 0 fully saturated rings. The highest BCUT2D eigenvalue weighted by molar-refractivity contribution is 6.32. The van der Waals surface area contributed by atoms with Crippen molar-refractivity contribution in [1.82, 2.24) is 15.1 Å². The van der Waals surface area contributed by atoms with Crippen LogP contribution in [0, 0.1) is 0 Å². The fraction of sp³-hybridized carbons (Fsp3) is 0.158. The normalized spacial score (nSPS) is 15.5. The molecule has 0 bridgehead atoms. The molecule has 1 aliphatic carbocycles. The average molecular weight is 338 g/mol. The summed E-state index contributed by atoms with van der Waals surface area (Å²) in [5.74, 6) is 0.293. The molecule has 1 aliphatic rings. The Morgan fingerprint density at radius 2 is 2.00 bits per heavy atom. The second kappa shape index (κ2) is 6.13. The van der Waals surface area contributed by atoms with Crippen LogP contribution in [0.4, 0.5) is 0 Å². The first-order valence-electron chi connectivity index (χ1n) is 7.88. The van der Waals surface area contributed by atoms with E-state index in [-0.39, 0.29) is 5.91 Å². The van der Waals surface area contributed by atoms with Gasteiger partial charge in [0.05, 0.1) is 22.5 Å². The lowest BCUT2D eigenvalue weighted by atomic mass is 9.77. The number of carbonyl (C=O) groups is 1. The highest BCUT2D eigenvalue weighted by atomic mass is 35.5. The minimum absolute atomic E-state index is 0.113.